The third-order valence-electron chi connectivity index (χ3n) is 5.25. The van der Waals surface area contributed by atoms with Gasteiger partial charge in [-0.3, -0.25) is 4.79 Å². The molecule has 0 N–H and O–H groups in total. The van der Waals surface area contributed by atoms with Gasteiger partial charge in [0.25, 0.3) is 5.91 Å². The molecular weight excluding hydrogens is 354 g/mol. The molecule has 2 saturated heterocycles. The van der Waals surface area contributed by atoms with Crippen molar-refractivity contribution in [2.75, 3.05) is 24.5 Å². The van der Waals surface area contributed by atoms with Crippen molar-refractivity contribution in [3.63, 3.8) is 0 Å². The van der Waals surface area contributed by atoms with Gasteiger partial charge in [-0.05, 0) is 43.0 Å². The van der Waals surface area contributed by atoms with Gasteiger partial charge in [-0.1, -0.05) is 20.8 Å². The Labute approximate surface area is 154 Å². The van der Waals surface area contributed by atoms with Crippen LogP contribution in [0.3, 0.4) is 0 Å². The molecule has 3 rings (SSSR count). The molecule has 0 unspecified atom stereocenters. The molecule has 2 aliphatic rings. The van der Waals surface area contributed by atoms with Crippen molar-refractivity contribution in [2.45, 2.75) is 44.6 Å². The Hall–Kier alpha value is -1.93. The van der Waals surface area contributed by atoms with Crippen LogP contribution >= 0.6 is 0 Å². The van der Waals surface area contributed by atoms with E-state index in [1.54, 1.807) is 18.7 Å². The summed E-state index contributed by atoms with van der Waals surface area (Å²) < 4.78 is 26.5. The van der Waals surface area contributed by atoms with Crippen LogP contribution < -0.4 is 4.90 Å². The topological polar surface area (TPSA) is 78.0 Å². The molecule has 2 fully saturated rings. The van der Waals surface area contributed by atoms with Gasteiger partial charge in [0.05, 0.1) is 10.6 Å². The van der Waals surface area contributed by atoms with E-state index >= 15 is 0 Å². The monoisotopic (exact) mass is 379 g/mol. The van der Waals surface area contributed by atoms with Gasteiger partial charge in [-0.15, -0.1) is 0 Å². The van der Waals surface area contributed by atoms with Gasteiger partial charge in [-0.2, -0.15) is 4.31 Å². The second-order valence-electron chi connectivity index (χ2n) is 6.88. The molecule has 1 aromatic carbocycles. The predicted octanol–water partition coefficient (Wildman–Crippen LogP) is 2.28. The lowest BCUT2D eigenvalue weighted by atomic mass is 9.93. The van der Waals surface area contributed by atoms with Gasteiger partial charge in [0, 0.05) is 19.6 Å². The minimum Gasteiger partial charge on any atom is -0.312 e. The standard InChI is InChI=1S/C18H25N3O4S/c1-4-19(5-2)26(24,25)15-8-6-14(7-9-15)21-17(22)16-12-13(3)10-11-20(16)18(21)23/h6-9,13,16H,4-5,10-12H2,1-3H3/t13-,16+/m1/s1. The highest BCUT2D eigenvalue weighted by Gasteiger charge is 2.47. The van der Waals surface area contributed by atoms with E-state index in [1.165, 1.54) is 33.5 Å². The number of nitrogens with zero attached hydrogens (tertiary/aromatic N) is 3. The molecule has 142 valence electrons. The highest BCUT2D eigenvalue weighted by atomic mass is 32.2. The van der Waals surface area contributed by atoms with E-state index in [-0.39, 0.29) is 16.8 Å². The highest BCUT2D eigenvalue weighted by molar-refractivity contribution is 7.89. The van der Waals surface area contributed by atoms with Crippen molar-refractivity contribution in [1.82, 2.24) is 9.21 Å². The number of carbonyl (C=O) groups is 2. The van der Waals surface area contributed by atoms with Crippen LogP contribution in [0.1, 0.15) is 33.6 Å². The number of sulfonamides is 1. The third kappa shape index (κ3) is 3.01. The average Bonchev–Trinajstić information content (AvgIpc) is 2.86. The summed E-state index contributed by atoms with van der Waals surface area (Å²) in [6.07, 6.45) is 1.57. The van der Waals surface area contributed by atoms with Crippen LogP contribution in [-0.2, 0) is 14.8 Å². The Balaban J connectivity index is 1.87. The molecular formula is C18H25N3O4S. The summed E-state index contributed by atoms with van der Waals surface area (Å²) in [6.45, 7) is 7.02. The molecule has 1 aromatic rings. The number of hydrogen-bond donors (Lipinski definition) is 0. The maximum atomic E-state index is 12.7. The number of benzene rings is 1. The second-order valence-corrected chi connectivity index (χ2v) is 8.82. The number of rotatable bonds is 5. The first-order chi connectivity index (χ1) is 12.3. The Bertz CT molecular complexity index is 802. The molecule has 0 saturated carbocycles. The molecule has 2 heterocycles. The van der Waals surface area contributed by atoms with Crippen LogP contribution in [0.25, 0.3) is 0 Å². The van der Waals surface area contributed by atoms with E-state index in [0.717, 1.165) is 6.42 Å². The minimum absolute atomic E-state index is 0.162. The molecule has 3 amide bonds. The molecule has 7 nitrogen and oxygen atoms in total. The Morgan fingerprint density at radius 3 is 2.31 bits per heavy atom. The first-order valence-corrected chi connectivity index (χ1v) is 10.5. The summed E-state index contributed by atoms with van der Waals surface area (Å²) in [5.74, 6) is 0.190. The quantitative estimate of drug-likeness (QED) is 0.736. The number of anilines is 1. The largest absolute Gasteiger partial charge is 0.332 e. The Morgan fingerprint density at radius 1 is 1.12 bits per heavy atom. The molecule has 2 aliphatic heterocycles. The number of carbonyl (C=O) groups excluding carboxylic acids is 2. The van der Waals surface area contributed by atoms with Crippen LogP contribution in [-0.4, -0.2) is 55.2 Å². The summed E-state index contributed by atoms with van der Waals surface area (Å²) in [4.78, 5) is 28.3. The van der Waals surface area contributed by atoms with Crippen molar-refractivity contribution in [3.8, 4) is 0 Å². The molecule has 2 atom stereocenters. The minimum atomic E-state index is -3.56. The van der Waals surface area contributed by atoms with Crippen LogP contribution in [0.4, 0.5) is 10.5 Å². The first-order valence-electron chi connectivity index (χ1n) is 9.06. The predicted molar refractivity (Wildman–Crippen MR) is 98.3 cm³/mol. The third-order valence-corrected chi connectivity index (χ3v) is 7.31. The maximum Gasteiger partial charge on any atom is 0.332 e. The summed E-state index contributed by atoms with van der Waals surface area (Å²) in [5, 5.41) is 0. The van der Waals surface area contributed by atoms with Gasteiger partial charge in [-0.25, -0.2) is 18.1 Å². The zero-order valence-corrected chi connectivity index (χ0v) is 16.2. The van der Waals surface area contributed by atoms with Crippen molar-refractivity contribution in [3.05, 3.63) is 24.3 Å². The summed E-state index contributed by atoms with van der Waals surface area (Å²) >= 11 is 0. The molecule has 0 bridgehead atoms. The lowest BCUT2D eigenvalue weighted by molar-refractivity contribution is -0.120. The van der Waals surface area contributed by atoms with Gasteiger partial charge >= 0.3 is 6.03 Å². The number of imide groups is 1. The molecule has 0 radical (unpaired) electrons. The van der Waals surface area contributed by atoms with Crippen LogP contribution in [0.2, 0.25) is 0 Å². The van der Waals surface area contributed by atoms with Crippen LogP contribution in [0, 0.1) is 5.92 Å². The second kappa shape index (κ2) is 7.00. The Kier molecular flexibility index (Phi) is 5.07. The molecule has 0 aliphatic carbocycles. The fourth-order valence-electron chi connectivity index (χ4n) is 3.69. The number of fused-ring (bicyclic) bond motifs is 1. The summed E-state index contributed by atoms with van der Waals surface area (Å²) in [7, 11) is -3.56. The van der Waals surface area contributed by atoms with Crippen molar-refractivity contribution in [2.24, 2.45) is 5.92 Å². The lowest BCUT2D eigenvalue weighted by Gasteiger charge is -2.30. The van der Waals surface area contributed by atoms with Gasteiger partial charge in [0.1, 0.15) is 6.04 Å². The molecule has 26 heavy (non-hydrogen) atoms. The van der Waals surface area contributed by atoms with E-state index in [9.17, 15) is 18.0 Å². The van der Waals surface area contributed by atoms with Gasteiger partial charge in [0.2, 0.25) is 10.0 Å². The van der Waals surface area contributed by atoms with Gasteiger partial charge in [0.15, 0.2) is 0 Å². The normalized spacial score (nSPS) is 23.7. The number of piperidine rings is 1. The Morgan fingerprint density at radius 2 is 1.73 bits per heavy atom. The van der Waals surface area contributed by atoms with E-state index in [0.29, 0.717) is 37.7 Å². The zero-order valence-electron chi connectivity index (χ0n) is 15.4. The fourth-order valence-corrected chi connectivity index (χ4v) is 5.15. The molecule has 0 spiro atoms. The first kappa shape index (κ1) is 18.8. The van der Waals surface area contributed by atoms with Crippen molar-refractivity contribution >= 4 is 27.6 Å². The van der Waals surface area contributed by atoms with Crippen LogP contribution in [0.15, 0.2) is 29.2 Å². The lowest BCUT2D eigenvalue weighted by Crippen LogP contribution is -2.41. The number of urea groups is 1. The highest BCUT2D eigenvalue weighted by Crippen LogP contribution is 2.33. The molecule has 0 aromatic heterocycles. The van der Waals surface area contributed by atoms with Crippen LogP contribution in [0.5, 0.6) is 0 Å². The van der Waals surface area contributed by atoms with Crippen molar-refractivity contribution < 1.29 is 18.0 Å². The smallest absolute Gasteiger partial charge is 0.312 e. The van der Waals surface area contributed by atoms with Gasteiger partial charge < -0.3 is 4.90 Å². The summed E-state index contributed by atoms with van der Waals surface area (Å²) in [6, 6.07) is 5.28. The zero-order chi connectivity index (χ0) is 19.1. The van der Waals surface area contributed by atoms with E-state index in [1.807, 2.05) is 0 Å². The average molecular weight is 379 g/mol. The molecule has 8 heteroatoms. The van der Waals surface area contributed by atoms with Crippen molar-refractivity contribution in [1.29, 1.82) is 0 Å². The van der Waals surface area contributed by atoms with E-state index in [2.05, 4.69) is 6.92 Å². The van der Waals surface area contributed by atoms with E-state index < -0.39 is 16.1 Å². The SMILES string of the molecule is CCN(CC)S(=O)(=O)c1ccc(N2C(=O)[C@@H]3C[C@H](C)CCN3C2=O)cc1. The maximum absolute atomic E-state index is 12.7. The summed E-state index contributed by atoms with van der Waals surface area (Å²) in [5.41, 5.74) is 0.417. The van der Waals surface area contributed by atoms with E-state index in [4.69, 9.17) is 0 Å². The fraction of sp³-hybridized carbons (Fsp3) is 0.556. The number of hydrogen-bond acceptors (Lipinski definition) is 4. The number of amides is 3.